The normalized spacial score (nSPS) is 14.9. The minimum atomic E-state index is 0.586. The number of hydrogen-bond donors (Lipinski definition) is 1. The summed E-state index contributed by atoms with van der Waals surface area (Å²) in [6, 6.07) is 5.45. The zero-order valence-corrected chi connectivity index (χ0v) is 14.3. The van der Waals surface area contributed by atoms with Crippen LogP contribution in [0.2, 0.25) is 0 Å². The predicted octanol–water partition coefficient (Wildman–Crippen LogP) is 4.15. The van der Waals surface area contributed by atoms with Gasteiger partial charge in [0.25, 0.3) is 0 Å². The van der Waals surface area contributed by atoms with Crippen LogP contribution in [-0.4, -0.2) is 35.1 Å². The van der Waals surface area contributed by atoms with Crippen LogP contribution in [0.5, 0.6) is 5.75 Å². The number of hydrogen-bond acceptors (Lipinski definition) is 2. The largest absolute Gasteiger partial charge is 0.493 e. The first-order valence-electron chi connectivity index (χ1n) is 8.58. The molecule has 120 valence electrons. The summed E-state index contributed by atoms with van der Waals surface area (Å²) >= 11 is 0. The van der Waals surface area contributed by atoms with E-state index < -0.39 is 0 Å². The highest BCUT2D eigenvalue weighted by Crippen LogP contribution is 2.34. The van der Waals surface area contributed by atoms with Gasteiger partial charge in [0.1, 0.15) is 5.75 Å². The number of fused-ring (bicyclic) bond motifs is 3. The van der Waals surface area contributed by atoms with Crippen molar-refractivity contribution in [1.82, 2.24) is 9.88 Å². The average Bonchev–Trinajstić information content (AvgIpc) is 2.90. The Hall–Kier alpha value is -1.48. The molecule has 0 radical (unpaired) electrons. The zero-order valence-electron chi connectivity index (χ0n) is 14.3. The summed E-state index contributed by atoms with van der Waals surface area (Å²) in [4.78, 5) is 6.01. The van der Waals surface area contributed by atoms with Crippen molar-refractivity contribution in [2.75, 3.05) is 13.2 Å². The number of nitrogens with zero attached hydrogens (tertiary/aromatic N) is 1. The lowest BCUT2D eigenvalue weighted by atomic mass is 9.98. The number of benzene rings is 1. The summed E-state index contributed by atoms with van der Waals surface area (Å²) < 4.78 is 5.83. The number of aromatic amines is 1. The second-order valence-electron chi connectivity index (χ2n) is 6.91. The van der Waals surface area contributed by atoms with Crippen LogP contribution in [0.15, 0.2) is 18.3 Å². The van der Waals surface area contributed by atoms with Gasteiger partial charge in [-0.15, -0.1) is 0 Å². The van der Waals surface area contributed by atoms with Crippen molar-refractivity contribution >= 4 is 10.9 Å². The smallest absolute Gasteiger partial charge is 0.123 e. The van der Waals surface area contributed by atoms with E-state index in [9.17, 15) is 0 Å². The fourth-order valence-electron chi connectivity index (χ4n) is 3.73. The summed E-state index contributed by atoms with van der Waals surface area (Å²) in [5.41, 5.74) is 4.09. The summed E-state index contributed by atoms with van der Waals surface area (Å²) in [5.74, 6) is 1.09. The molecule has 2 aromatic rings. The maximum absolute atomic E-state index is 5.83. The molecule has 1 aromatic carbocycles. The van der Waals surface area contributed by atoms with Gasteiger partial charge in [0, 0.05) is 41.3 Å². The van der Waals surface area contributed by atoms with E-state index >= 15 is 0 Å². The molecule has 0 unspecified atom stereocenters. The van der Waals surface area contributed by atoms with E-state index in [1.165, 1.54) is 22.0 Å². The van der Waals surface area contributed by atoms with Gasteiger partial charge in [-0.1, -0.05) is 0 Å². The fourth-order valence-corrected chi connectivity index (χ4v) is 3.73. The van der Waals surface area contributed by atoms with E-state index in [0.29, 0.717) is 12.1 Å². The second-order valence-corrected chi connectivity index (χ2v) is 6.91. The monoisotopic (exact) mass is 300 g/mol. The summed E-state index contributed by atoms with van der Waals surface area (Å²) in [6.45, 7) is 11.1. The SMILES string of the molecule is CC(C)N(CCc1c[nH]c2ccc3c(c12)CCCO3)C(C)C. The van der Waals surface area contributed by atoms with Gasteiger partial charge in [0.05, 0.1) is 6.61 Å². The number of aromatic nitrogens is 1. The van der Waals surface area contributed by atoms with Gasteiger partial charge >= 0.3 is 0 Å². The Kier molecular flexibility index (Phi) is 4.44. The fraction of sp³-hybridized carbons (Fsp3) is 0.579. The van der Waals surface area contributed by atoms with Crippen LogP contribution in [-0.2, 0) is 12.8 Å². The minimum absolute atomic E-state index is 0.586. The van der Waals surface area contributed by atoms with Crippen LogP contribution < -0.4 is 4.74 Å². The topological polar surface area (TPSA) is 28.3 Å². The summed E-state index contributed by atoms with van der Waals surface area (Å²) in [6.07, 6.45) is 5.54. The van der Waals surface area contributed by atoms with Crippen molar-refractivity contribution in [3.63, 3.8) is 0 Å². The van der Waals surface area contributed by atoms with Gasteiger partial charge in [-0.05, 0) is 64.7 Å². The molecule has 1 N–H and O–H groups in total. The van der Waals surface area contributed by atoms with Crippen molar-refractivity contribution in [3.05, 3.63) is 29.5 Å². The zero-order chi connectivity index (χ0) is 15.7. The van der Waals surface area contributed by atoms with Gasteiger partial charge < -0.3 is 9.72 Å². The highest BCUT2D eigenvalue weighted by atomic mass is 16.5. The van der Waals surface area contributed by atoms with Crippen LogP contribution >= 0.6 is 0 Å². The van der Waals surface area contributed by atoms with Crippen molar-refractivity contribution in [2.24, 2.45) is 0 Å². The van der Waals surface area contributed by atoms with E-state index in [1.807, 2.05) is 0 Å². The molecule has 3 rings (SSSR count). The molecule has 1 aromatic heterocycles. The summed E-state index contributed by atoms with van der Waals surface area (Å²) in [5, 5.41) is 1.41. The molecule has 0 saturated carbocycles. The Bertz CT molecular complexity index is 634. The average molecular weight is 300 g/mol. The molecule has 3 nitrogen and oxygen atoms in total. The van der Waals surface area contributed by atoms with Crippen molar-refractivity contribution in [1.29, 1.82) is 0 Å². The molecular weight excluding hydrogens is 272 g/mol. The minimum Gasteiger partial charge on any atom is -0.493 e. The Morgan fingerprint density at radius 2 is 1.95 bits per heavy atom. The molecule has 0 spiro atoms. The first kappa shape index (κ1) is 15.4. The summed E-state index contributed by atoms with van der Waals surface area (Å²) in [7, 11) is 0. The second kappa shape index (κ2) is 6.33. The van der Waals surface area contributed by atoms with Gasteiger partial charge in [0.2, 0.25) is 0 Å². The maximum atomic E-state index is 5.83. The highest BCUT2D eigenvalue weighted by molar-refractivity contribution is 5.89. The molecule has 3 heteroatoms. The third-order valence-electron chi connectivity index (χ3n) is 4.79. The van der Waals surface area contributed by atoms with Crippen LogP contribution in [0.1, 0.15) is 45.2 Å². The lowest BCUT2D eigenvalue weighted by Gasteiger charge is -2.30. The predicted molar refractivity (Wildman–Crippen MR) is 92.8 cm³/mol. The molecule has 1 aliphatic rings. The highest BCUT2D eigenvalue weighted by Gasteiger charge is 2.18. The lowest BCUT2D eigenvalue weighted by molar-refractivity contribution is 0.177. The quantitative estimate of drug-likeness (QED) is 0.898. The Morgan fingerprint density at radius 1 is 1.18 bits per heavy atom. The number of H-pyrrole nitrogens is 1. The number of rotatable bonds is 5. The van der Waals surface area contributed by atoms with E-state index in [0.717, 1.165) is 38.2 Å². The number of nitrogens with one attached hydrogen (secondary N) is 1. The Morgan fingerprint density at radius 3 is 2.68 bits per heavy atom. The Labute approximate surface area is 133 Å². The van der Waals surface area contributed by atoms with Crippen LogP contribution in [0.25, 0.3) is 10.9 Å². The molecule has 0 atom stereocenters. The third kappa shape index (κ3) is 2.87. The molecule has 0 bridgehead atoms. The first-order valence-corrected chi connectivity index (χ1v) is 8.58. The molecule has 0 saturated heterocycles. The maximum Gasteiger partial charge on any atom is 0.123 e. The van der Waals surface area contributed by atoms with Crippen LogP contribution in [0.3, 0.4) is 0 Å². The van der Waals surface area contributed by atoms with Gasteiger partial charge in [-0.3, -0.25) is 4.90 Å². The van der Waals surface area contributed by atoms with E-state index in [2.05, 4.69) is 55.9 Å². The van der Waals surface area contributed by atoms with Crippen molar-refractivity contribution < 1.29 is 4.74 Å². The number of aryl methyl sites for hydroxylation is 1. The molecule has 0 amide bonds. The molecule has 22 heavy (non-hydrogen) atoms. The van der Waals surface area contributed by atoms with Gasteiger partial charge in [0.15, 0.2) is 0 Å². The lowest BCUT2D eigenvalue weighted by Crippen LogP contribution is -2.38. The standard InChI is InChI=1S/C19H28N2O/c1-13(2)21(14(3)4)10-9-15-12-20-17-7-8-18-16(19(15)17)6-5-11-22-18/h7-8,12-14,20H,5-6,9-11H2,1-4H3. The van der Waals surface area contributed by atoms with E-state index in [-0.39, 0.29) is 0 Å². The molecule has 0 fully saturated rings. The van der Waals surface area contributed by atoms with Crippen LogP contribution in [0, 0.1) is 0 Å². The molecule has 1 aliphatic heterocycles. The van der Waals surface area contributed by atoms with Gasteiger partial charge in [-0.25, -0.2) is 0 Å². The first-order chi connectivity index (χ1) is 10.6. The van der Waals surface area contributed by atoms with Crippen molar-refractivity contribution in [2.45, 2.75) is 59.0 Å². The third-order valence-corrected chi connectivity index (χ3v) is 4.79. The van der Waals surface area contributed by atoms with E-state index in [1.54, 1.807) is 0 Å². The molecular formula is C19H28N2O. The van der Waals surface area contributed by atoms with Crippen molar-refractivity contribution in [3.8, 4) is 5.75 Å². The molecule has 2 heterocycles. The Balaban J connectivity index is 1.88. The van der Waals surface area contributed by atoms with Gasteiger partial charge in [-0.2, -0.15) is 0 Å². The number of ether oxygens (including phenoxy) is 1. The van der Waals surface area contributed by atoms with E-state index in [4.69, 9.17) is 4.74 Å². The molecule has 0 aliphatic carbocycles. The van der Waals surface area contributed by atoms with Crippen LogP contribution in [0.4, 0.5) is 0 Å².